The van der Waals surface area contributed by atoms with Crippen LogP contribution >= 0.6 is 0 Å². The van der Waals surface area contributed by atoms with Crippen molar-refractivity contribution in [3.05, 3.63) is 24.5 Å². The van der Waals surface area contributed by atoms with Gasteiger partial charge in [0, 0.05) is 19.2 Å². The lowest BCUT2D eigenvalue weighted by Gasteiger charge is -2.19. The largest absolute Gasteiger partial charge is 0.339 e. The third-order valence-electron chi connectivity index (χ3n) is 1.71. The van der Waals surface area contributed by atoms with Gasteiger partial charge in [-0.2, -0.15) is 4.98 Å². The molecule has 1 aromatic rings. The van der Waals surface area contributed by atoms with Gasteiger partial charge >= 0.3 is 0 Å². The molecule has 0 radical (unpaired) electrons. The summed E-state index contributed by atoms with van der Waals surface area (Å²) in [6.45, 7) is 8.95. The summed E-state index contributed by atoms with van der Waals surface area (Å²) in [6, 6.07) is 0.0267. The second-order valence-electron chi connectivity index (χ2n) is 3.13. The number of aromatic nitrogens is 2. The van der Waals surface area contributed by atoms with Crippen molar-refractivity contribution >= 4 is 5.91 Å². The maximum Gasteiger partial charge on any atom is 0.299 e. The molecule has 14 heavy (non-hydrogen) atoms. The first-order chi connectivity index (χ1) is 6.56. The SMILES string of the molecule is C=CN(C(=O)c1noc(C)n1)C(C)C. The number of hydrogen-bond acceptors (Lipinski definition) is 4. The van der Waals surface area contributed by atoms with Crippen molar-refractivity contribution in [2.75, 3.05) is 0 Å². The first-order valence-corrected chi connectivity index (χ1v) is 4.31. The number of rotatable bonds is 3. The lowest BCUT2D eigenvalue weighted by molar-refractivity contribution is 0.0773. The van der Waals surface area contributed by atoms with E-state index in [-0.39, 0.29) is 17.8 Å². The molecule has 1 rings (SSSR count). The van der Waals surface area contributed by atoms with E-state index in [1.54, 1.807) is 6.92 Å². The molecule has 0 bridgehead atoms. The molecule has 0 atom stereocenters. The summed E-state index contributed by atoms with van der Waals surface area (Å²) in [7, 11) is 0. The summed E-state index contributed by atoms with van der Waals surface area (Å²) in [5, 5.41) is 3.54. The van der Waals surface area contributed by atoms with Crippen LogP contribution in [0, 0.1) is 6.92 Å². The number of nitrogens with zero attached hydrogens (tertiary/aromatic N) is 3. The van der Waals surface area contributed by atoms with Gasteiger partial charge in [0.1, 0.15) is 0 Å². The lowest BCUT2D eigenvalue weighted by atomic mass is 10.3. The van der Waals surface area contributed by atoms with E-state index in [0.717, 1.165) is 0 Å². The van der Waals surface area contributed by atoms with Crippen molar-refractivity contribution < 1.29 is 9.32 Å². The van der Waals surface area contributed by atoms with Crippen LogP contribution in [0.25, 0.3) is 0 Å². The topological polar surface area (TPSA) is 59.2 Å². The minimum Gasteiger partial charge on any atom is -0.339 e. The third kappa shape index (κ3) is 1.99. The van der Waals surface area contributed by atoms with Gasteiger partial charge < -0.3 is 9.42 Å². The molecule has 0 aliphatic carbocycles. The quantitative estimate of drug-likeness (QED) is 0.730. The van der Waals surface area contributed by atoms with Crippen LogP contribution in [-0.4, -0.2) is 27.0 Å². The minimum atomic E-state index is -0.299. The summed E-state index contributed by atoms with van der Waals surface area (Å²) in [5.74, 6) is 0.143. The molecule has 0 N–H and O–H groups in total. The molecule has 76 valence electrons. The Labute approximate surface area is 82.4 Å². The zero-order valence-electron chi connectivity index (χ0n) is 8.52. The Hall–Kier alpha value is -1.65. The average molecular weight is 195 g/mol. The highest BCUT2D eigenvalue weighted by atomic mass is 16.5. The number of carbonyl (C=O) groups is 1. The summed E-state index contributed by atoms with van der Waals surface area (Å²) >= 11 is 0. The van der Waals surface area contributed by atoms with Crippen molar-refractivity contribution in [2.45, 2.75) is 26.8 Å². The molecule has 1 heterocycles. The zero-order chi connectivity index (χ0) is 10.7. The fourth-order valence-corrected chi connectivity index (χ4v) is 1.03. The van der Waals surface area contributed by atoms with Crippen molar-refractivity contribution in [3.8, 4) is 0 Å². The van der Waals surface area contributed by atoms with Gasteiger partial charge in [0.15, 0.2) is 0 Å². The highest BCUT2D eigenvalue weighted by molar-refractivity contribution is 5.91. The van der Waals surface area contributed by atoms with E-state index < -0.39 is 0 Å². The van der Waals surface area contributed by atoms with Crippen molar-refractivity contribution in [2.24, 2.45) is 0 Å². The Morgan fingerprint density at radius 3 is 2.64 bits per heavy atom. The van der Waals surface area contributed by atoms with Crippen LogP contribution in [0.1, 0.15) is 30.4 Å². The van der Waals surface area contributed by atoms with Gasteiger partial charge in [-0.1, -0.05) is 11.7 Å². The predicted octanol–water partition coefficient (Wildman–Crippen LogP) is 1.37. The van der Waals surface area contributed by atoms with Crippen LogP contribution < -0.4 is 0 Å². The Morgan fingerprint density at radius 1 is 1.64 bits per heavy atom. The normalized spacial score (nSPS) is 10.3. The van der Waals surface area contributed by atoms with Crippen LogP contribution in [0.5, 0.6) is 0 Å². The van der Waals surface area contributed by atoms with Crippen molar-refractivity contribution in [1.82, 2.24) is 15.0 Å². The molecule has 5 heteroatoms. The molecule has 1 aromatic heterocycles. The molecule has 0 unspecified atom stereocenters. The number of amides is 1. The minimum absolute atomic E-state index is 0.0267. The number of hydrogen-bond donors (Lipinski definition) is 0. The Balaban J connectivity index is 2.88. The van der Waals surface area contributed by atoms with Crippen LogP contribution in [-0.2, 0) is 0 Å². The monoisotopic (exact) mass is 195 g/mol. The van der Waals surface area contributed by atoms with Crippen LogP contribution in [0.3, 0.4) is 0 Å². The molecular formula is C9H13N3O2. The first-order valence-electron chi connectivity index (χ1n) is 4.31. The smallest absolute Gasteiger partial charge is 0.299 e. The van der Waals surface area contributed by atoms with Crippen molar-refractivity contribution in [3.63, 3.8) is 0 Å². The van der Waals surface area contributed by atoms with Gasteiger partial charge in [0.25, 0.3) is 11.7 Å². The first kappa shape index (κ1) is 10.4. The van der Waals surface area contributed by atoms with Crippen LogP contribution in [0.15, 0.2) is 17.3 Å². The predicted molar refractivity (Wildman–Crippen MR) is 50.5 cm³/mol. The summed E-state index contributed by atoms with van der Waals surface area (Å²) in [4.78, 5) is 17.0. The van der Waals surface area contributed by atoms with E-state index >= 15 is 0 Å². The molecule has 0 aromatic carbocycles. The second kappa shape index (κ2) is 4.04. The molecule has 0 aliphatic rings. The molecule has 0 saturated heterocycles. The van der Waals surface area contributed by atoms with Gasteiger partial charge in [-0.15, -0.1) is 0 Å². The van der Waals surface area contributed by atoms with Gasteiger partial charge in [0.2, 0.25) is 5.89 Å². The third-order valence-corrected chi connectivity index (χ3v) is 1.71. The fraction of sp³-hybridized carbons (Fsp3) is 0.444. The fourth-order valence-electron chi connectivity index (χ4n) is 1.03. The molecule has 0 spiro atoms. The molecule has 0 aliphatic heterocycles. The highest BCUT2D eigenvalue weighted by Gasteiger charge is 2.20. The molecule has 1 amide bonds. The summed E-state index contributed by atoms with van der Waals surface area (Å²) in [5.41, 5.74) is 0. The van der Waals surface area contributed by atoms with Gasteiger partial charge in [-0.05, 0) is 13.8 Å². The number of aryl methyl sites for hydroxylation is 1. The van der Waals surface area contributed by atoms with Gasteiger partial charge in [-0.3, -0.25) is 4.79 Å². The van der Waals surface area contributed by atoms with Gasteiger partial charge in [0.05, 0.1) is 0 Å². The zero-order valence-corrected chi connectivity index (χ0v) is 8.52. The van der Waals surface area contributed by atoms with E-state index in [0.29, 0.717) is 5.89 Å². The lowest BCUT2D eigenvalue weighted by Crippen LogP contribution is -2.32. The van der Waals surface area contributed by atoms with Crippen LogP contribution in [0.2, 0.25) is 0 Å². The second-order valence-corrected chi connectivity index (χ2v) is 3.13. The molecular weight excluding hydrogens is 182 g/mol. The van der Waals surface area contributed by atoms with Gasteiger partial charge in [-0.25, -0.2) is 0 Å². The Bertz CT molecular complexity index is 344. The van der Waals surface area contributed by atoms with E-state index in [2.05, 4.69) is 16.7 Å². The standard InChI is InChI=1S/C9H13N3O2/c1-5-12(6(2)3)9(13)8-10-7(4)14-11-8/h5-6H,1H2,2-4H3. The van der Waals surface area contributed by atoms with Crippen molar-refractivity contribution in [1.29, 1.82) is 0 Å². The summed E-state index contributed by atoms with van der Waals surface area (Å²) in [6.07, 6.45) is 1.46. The number of carbonyl (C=O) groups excluding carboxylic acids is 1. The van der Waals surface area contributed by atoms with E-state index in [1.807, 2.05) is 13.8 Å². The van der Waals surface area contributed by atoms with Crippen LogP contribution in [0.4, 0.5) is 0 Å². The molecule has 0 fully saturated rings. The molecule has 0 saturated carbocycles. The van der Waals surface area contributed by atoms with E-state index in [9.17, 15) is 4.79 Å². The van der Waals surface area contributed by atoms with E-state index in [4.69, 9.17) is 4.52 Å². The highest BCUT2D eigenvalue weighted by Crippen LogP contribution is 2.05. The maximum absolute atomic E-state index is 11.7. The Kier molecular flexibility index (Phi) is 3.01. The maximum atomic E-state index is 11.7. The Morgan fingerprint density at radius 2 is 2.29 bits per heavy atom. The molecule has 5 nitrogen and oxygen atoms in total. The van der Waals surface area contributed by atoms with E-state index in [1.165, 1.54) is 11.1 Å². The summed E-state index contributed by atoms with van der Waals surface area (Å²) < 4.78 is 4.72. The average Bonchev–Trinajstić information content (AvgIpc) is 2.52.